The van der Waals surface area contributed by atoms with Crippen LogP contribution in [0.25, 0.3) is 11.1 Å². The Morgan fingerprint density at radius 2 is 1.88 bits per heavy atom. The smallest absolute Gasteiger partial charge is 0.336 e. The molecule has 0 amide bonds. The number of allylic oxidation sites excluding steroid dienone is 1. The first-order valence-electron chi connectivity index (χ1n) is 8.15. The van der Waals surface area contributed by atoms with Crippen LogP contribution in [0.3, 0.4) is 0 Å². The van der Waals surface area contributed by atoms with Gasteiger partial charge in [0.2, 0.25) is 0 Å². The van der Waals surface area contributed by atoms with E-state index in [0.717, 1.165) is 30.6 Å². The van der Waals surface area contributed by atoms with Crippen molar-refractivity contribution in [3.63, 3.8) is 0 Å². The van der Waals surface area contributed by atoms with E-state index in [-0.39, 0.29) is 0 Å². The monoisotopic (exact) mass is 321 g/mol. The van der Waals surface area contributed by atoms with E-state index in [0.29, 0.717) is 10.2 Å². The third-order valence-corrected chi connectivity index (χ3v) is 4.24. The molecule has 1 unspecified atom stereocenters. The molecule has 122 valence electrons. The molecule has 2 aromatic carbocycles. The van der Waals surface area contributed by atoms with Crippen molar-refractivity contribution >= 4 is 12.2 Å². The number of hydrogen-bond donors (Lipinski definition) is 1. The molecule has 0 saturated heterocycles. The van der Waals surface area contributed by atoms with Crippen LogP contribution < -0.4 is 0 Å². The summed E-state index contributed by atoms with van der Waals surface area (Å²) in [6, 6.07) is 15.2. The maximum atomic E-state index is 11.4. The summed E-state index contributed by atoms with van der Waals surface area (Å²) in [5.41, 5.74) is 3.17. The SMILES string of the molecule is CCC[N+]1(Cc2ccc(-c3ccccc3C(=O)O)cc2)C=CC=N1. The van der Waals surface area contributed by atoms with Gasteiger partial charge in [0.05, 0.1) is 11.8 Å². The molecule has 4 nitrogen and oxygen atoms in total. The third kappa shape index (κ3) is 3.29. The Balaban J connectivity index is 1.85. The average Bonchev–Trinajstić information content (AvgIpc) is 3.04. The van der Waals surface area contributed by atoms with E-state index in [2.05, 4.69) is 30.4 Å². The molecule has 0 bridgehead atoms. The number of carbonyl (C=O) groups is 1. The zero-order valence-corrected chi connectivity index (χ0v) is 13.7. The molecule has 0 aromatic heterocycles. The molecule has 0 radical (unpaired) electrons. The van der Waals surface area contributed by atoms with Crippen LogP contribution in [-0.2, 0) is 6.54 Å². The molecule has 24 heavy (non-hydrogen) atoms. The van der Waals surface area contributed by atoms with Gasteiger partial charge >= 0.3 is 5.97 Å². The number of aromatic carboxylic acids is 1. The summed E-state index contributed by atoms with van der Waals surface area (Å²) in [5.74, 6) is -0.904. The first-order valence-corrected chi connectivity index (χ1v) is 8.15. The first kappa shape index (κ1) is 16.1. The molecule has 1 aliphatic heterocycles. The first-order chi connectivity index (χ1) is 11.6. The summed E-state index contributed by atoms with van der Waals surface area (Å²) in [5, 5.41) is 13.9. The van der Waals surface area contributed by atoms with Gasteiger partial charge in [-0.25, -0.2) is 4.79 Å². The van der Waals surface area contributed by atoms with Crippen LogP contribution in [0.4, 0.5) is 0 Å². The van der Waals surface area contributed by atoms with E-state index < -0.39 is 5.97 Å². The molecule has 3 rings (SSSR count). The fourth-order valence-electron chi connectivity index (χ4n) is 3.13. The van der Waals surface area contributed by atoms with Gasteiger partial charge in [-0.15, -0.1) is 0 Å². The van der Waals surface area contributed by atoms with Gasteiger partial charge in [0.15, 0.2) is 0 Å². The summed E-state index contributed by atoms with van der Waals surface area (Å²) in [6.07, 6.45) is 7.03. The highest BCUT2D eigenvalue weighted by Gasteiger charge is 2.26. The highest BCUT2D eigenvalue weighted by molar-refractivity contribution is 5.95. The lowest BCUT2D eigenvalue weighted by Crippen LogP contribution is -2.35. The molecule has 2 aromatic rings. The van der Waals surface area contributed by atoms with Crippen LogP contribution in [0.2, 0.25) is 0 Å². The van der Waals surface area contributed by atoms with Gasteiger partial charge in [0.25, 0.3) is 0 Å². The Bertz CT molecular complexity index is 780. The van der Waals surface area contributed by atoms with Crippen molar-refractivity contribution in [2.24, 2.45) is 5.10 Å². The molecular weight excluding hydrogens is 300 g/mol. The molecule has 0 saturated carbocycles. The van der Waals surface area contributed by atoms with Crippen molar-refractivity contribution in [1.29, 1.82) is 0 Å². The number of carboxylic acids is 1. The lowest BCUT2D eigenvalue weighted by atomic mass is 9.98. The summed E-state index contributed by atoms with van der Waals surface area (Å²) in [7, 11) is 0. The van der Waals surface area contributed by atoms with E-state index in [1.807, 2.05) is 36.6 Å². The topological polar surface area (TPSA) is 49.7 Å². The normalized spacial score (nSPS) is 18.9. The van der Waals surface area contributed by atoms with Crippen molar-refractivity contribution in [3.8, 4) is 11.1 Å². The quantitative estimate of drug-likeness (QED) is 0.807. The second-order valence-corrected chi connectivity index (χ2v) is 6.02. The summed E-state index contributed by atoms with van der Waals surface area (Å²) < 4.78 is 0.599. The van der Waals surface area contributed by atoms with Crippen LogP contribution in [0.1, 0.15) is 29.3 Å². The van der Waals surface area contributed by atoms with Gasteiger partial charge in [-0.1, -0.05) is 54.5 Å². The lowest BCUT2D eigenvalue weighted by molar-refractivity contribution is -0.897. The summed E-state index contributed by atoms with van der Waals surface area (Å²) in [6.45, 7) is 3.94. The standard InChI is InChI=1S/C20H20N2O2/c1-2-13-22(14-5-12-21-22)15-16-8-10-17(11-9-16)18-6-3-4-7-19(18)20(23)24/h3-12,14H,2,13,15H2,1H3/p+1. The van der Waals surface area contributed by atoms with Gasteiger partial charge in [-0.05, 0) is 23.6 Å². The second kappa shape index (κ2) is 6.81. The van der Waals surface area contributed by atoms with Gasteiger partial charge in [0.1, 0.15) is 19.3 Å². The molecule has 0 fully saturated rings. The number of carboxylic acid groups (broad SMARTS) is 1. The van der Waals surface area contributed by atoms with Crippen LogP contribution in [0, 0.1) is 0 Å². The average molecular weight is 321 g/mol. The number of nitrogens with zero attached hydrogens (tertiary/aromatic N) is 2. The Labute approximate surface area is 142 Å². The highest BCUT2D eigenvalue weighted by atomic mass is 16.4. The minimum absolute atomic E-state index is 0.326. The van der Waals surface area contributed by atoms with Gasteiger partial charge in [-0.2, -0.15) is 4.59 Å². The Hall–Kier alpha value is -2.72. The minimum atomic E-state index is -0.904. The molecule has 0 spiro atoms. The summed E-state index contributed by atoms with van der Waals surface area (Å²) >= 11 is 0. The van der Waals surface area contributed by atoms with Gasteiger partial charge in [-0.3, -0.25) is 0 Å². The molecule has 4 heteroatoms. The maximum Gasteiger partial charge on any atom is 0.336 e. The van der Waals surface area contributed by atoms with E-state index in [1.54, 1.807) is 12.1 Å². The number of rotatable bonds is 6. The molecule has 1 N–H and O–H groups in total. The zero-order chi connectivity index (χ0) is 17.0. The molecule has 1 aliphatic rings. The molecular formula is C20H21N2O2+. The molecule has 1 heterocycles. The number of benzene rings is 2. The fraction of sp³-hybridized carbons (Fsp3) is 0.200. The maximum absolute atomic E-state index is 11.4. The van der Waals surface area contributed by atoms with Gasteiger partial charge in [0, 0.05) is 11.6 Å². The Morgan fingerprint density at radius 3 is 2.50 bits per heavy atom. The zero-order valence-electron chi connectivity index (χ0n) is 13.7. The largest absolute Gasteiger partial charge is 0.478 e. The van der Waals surface area contributed by atoms with E-state index in [1.165, 1.54) is 5.56 Å². The summed E-state index contributed by atoms with van der Waals surface area (Å²) in [4.78, 5) is 11.4. The predicted octanol–water partition coefficient (Wildman–Crippen LogP) is 4.29. The highest BCUT2D eigenvalue weighted by Crippen LogP contribution is 2.26. The second-order valence-electron chi connectivity index (χ2n) is 6.02. The van der Waals surface area contributed by atoms with Crippen molar-refractivity contribution < 1.29 is 14.5 Å². The van der Waals surface area contributed by atoms with E-state index >= 15 is 0 Å². The van der Waals surface area contributed by atoms with E-state index in [4.69, 9.17) is 0 Å². The fourth-order valence-corrected chi connectivity index (χ4v) is 3.13. The van der Waals surface area contributed by atoms with Crippen molar-refractivity contribution in [2.45, 2.75) is 19.9 Å². The number of quaternary nitrogens is 1. The van der Waals surface area contributed by atoms with Crippen LogP contribution in [-0.4, -0.2) is 28.4 Å². The van der Waals surface area contributed by atoms with Crippen LogP contribution >= 0.6 is 0 Å². The van der Waals surface area contributed by atoms with Crippen LogP contribution in [0.5, 0.6) is 0 Å². The third-order valence-electron chi connectivity index (χ3n) is 4.24. The molecule has 1 atom stereocenters. The minimum Gasteiger partial charge on any atom is -0.478 e. The predicted molar refractivity (Wildman–Crippen MR) is 95.6 cm³/mol. The van der Waals surface area contributed by atoms with E-state index in [9.17, 15) is 9.90 Å². The van der Waals surface area contributed by atoms with Gasteiger partial charge < -0.3 is 5.11 Å². The van der Waals surface area contributed by atoms with Crippen LogP contribution in [0.15, 0.2) is 65.9 Å². The van der Waals surface area contributed by atoms with Crippen molar-refractivity contribution in [1.82, 2.24) is 0 Å². The Kier molecular flexibility index (Phi) is 4.58. The van der Waals surface area contributed by atoms with Crippen molar-refractivity contribution in [3.05, 3.63) is 71.9 Å². The lowest BCUT2D eigenvalue weighted by Gasteiger charge is -2.25. The number of hydrogen-bond acceptors (Lipinski definition) is 2. The van der Waals surface area contributed by atoms with Crippen molar-refractivity contribution in [2.75, 3.05) is 6.54 Å². The molecule has 0 aliphatic carbocycles. The Morgan fingerprint density at radius 1 is 1.12 bits per heavy atom.